The van der Waals surface area contributed by atoms with E-state index < -0.39 is 0 Å². The molecule has 9 nitrogen and oxygen atoms in total. The maximum absolute atomic E-state index is 12.5. The van der Waals surface area contributed by atoms with Gasteiger partial charge in [-0.25, -0.2) is 15.0 Å². The molecule has 2 N–H and O–H groups in total. The zero-order valence-corrected chi connectivity index (χ0v) is 19.9. The van der Waals surface area contributed by atoms with Gasteiger partial charge in [-0.1, -0.05) is 18.2 Å². The summed E-state index contributed by atoms with van der Waals surface area (Å²) < 4.78 is 9.50. The summed E-state index contributed by atoms with van der Waals surface area (Å²) >= 11 is 6.78. The third-order valence-electron chi connectivity index (χ3n) is 6.58. The number of anilines is 1. The van der Waals surface area contributed by atoms with Crippen molar-refractivity contribution in [3.63, 3.8) is 0 Å². The Labute approximate surface area is 201 Å². The number of aromatic nitrogens is 5. The molecule has 0 spiro atoms. The summed E-state index contributed by atoms with van der Waals surface area (Å²) in [5.41, 5.74) is 10.5. The van der Waals surface area contributed by atoms with E-state index in [9.17, 15) is 4.79 Å². The van der Waals surface area contributed by atoms with E-state index in [1.165, 1.54) is 12.4 Å². The largest absolute Gasteiger partial charge is 0.383 e. The minimum absolute atomic E-state index is 0.0172. The Morgan fingerprint density at radius 2 is 2.15 bits per heavy atom. The fourth-order valence-corrected chi connectivity index (χ4v) is 5.22. The van der Waals surface area contributed by atoms with E-state index in [-0.39, 0.29) is 18.0 Å². The normalized spacial score (nSPS) is 18.3. The number of methoxy groups -OCH3 is 1. The molecule has 0 radical (unpaired) electrons. The lowest BCUT2D eigenvalue weighted by molar-refractivity contribution is -0.127. The number of benzene rings is 1. The summed E-state index contributed by atoms with van der Waals surface area (Å²) in [4.78, 5) is 27.6. The number of hydrogen-bond acceptors (Lipinski definition) is 6. The maximum atomic E-state index is 12.5. The first kappa shape index (κ1) is 22.4. The molecule has 1 amide bonds. The molecule has 2 atom stereocenters. The molecule has 34 heavy (non-hydrogen) atoms. The van der Waals surface area contributed by atoms with Crippen LogP contribution in [-0.2, 0) is 16.1 Å². The maximum Gasteiger partial charge on any atom is 0.246 e. The molecule has 3 aromatic heterocycles. The number of halogens is 1. The average molecular weight is 480 g/mol. The number of likely N-dealkylation sites (tertiary alicyclic amines) is 1. The standard InChI is InChI=1S/C24H26ClN7O2/c1-4-21(33)31-9-14(6-15(31)11-34-3)32-10-17(22-23(26)27-12-28-24(22)32)16-7-19-20(8-18(16)25)30(5-2)13-29-19/h4,7-8,10,12-15H,1,5-6,9,11H2,2-3H3,(H2,26,27,28)/t14-,15+/m0/s1. The average Bonchev–Trinajstić information content (AvgIpc) is 3.53. The molecular weight excluding hydrogens is 454 g/mol. The van der Waals surface area contributed by atoms with Crippen LogP contribution < -0.4 is 5.73 Å². The van der Waals surface area contributed by atoms with Crippen LogP contribution in [0.4, 0.5) is 5.82 Å². The van der Waals surface area contributed by atoms with Crippen molar-refractivity contribution in [2.75, 3.05) is 26.0 Å². The van der Waals surface area contributed by atoms with Crippen LogP contribution in [-0.4, -0.2) is 61.2 Å². The van der Waals surface area contributed by atoms with Crippen molar-refractivity contribution in [3.8, 4) is 11.1 Å². The summed E-state index contributed by atoms with van der Waals surface area (Å²) in [5, 5.41) is 1.33. The minimum Gasteiger partial charge on any atom is -0.383 e. The number of amides is 1. The van der Waals surface area contributed by atoms with Crippen LogP contribution in [0.5, 0.6) is 0 Å². The van der Waals surface area contributed by atoms with Crippen LogP contribution in [0.2, 0.25) is 5.02 Å². The van der Waals surface area contributed by atoms with Crippen molar-refractivity contribution in [3.05, 3.63) is 48.7 Å². The topological polar surface area (TPSA) is 104 Å². The molecule has 0 unspecified atom stereocenters. The van der Waals surface area contributed by atoms with E-state index in [2.05, 4.69) is 33.0 Å². The number of ether oxygens (including phenoxy) is 1. The predicted molar refractivity (Wildman–Crippen MR) is 133 cm³/mol. The van der Waals surface area contributed by atoms with Crippen LogP contribution in [0.1, 0.15) is 19.4 Å². The fourth-order valence-electron chi connectivity index (χ4n) is 4.96. The van der Waals surface area contributed by atoms with Crippen LogP contribution in [0.25, 0.3) is 33.2 Å². The number of nitrogens with two attached hydrogens (primary N) is 1. The van der Waals surface area contributed by atoms with E-state index in [0.29, 0.717) is 36.1 Å². The van der Waals surface area contributed by atoms with Gasteiger partial charge in [0.25, 0.3) is 0 Å². The van der Waals surface area contributed by atoms with Crippen molar-refractivity contribution in [2.24, 2.45) is 0 Å². The second-order valence-corrected chi connectivity index (χ2v) is 8.86. The zero-order chi connectivity index (χ0) is 24.0. The van der Waals surface area contributed by atoms with Gasteiger partial charge in [0.05, 0.1) is 46.5 Å². The van der Waals surface area contributed by atoms with Gasteiger partial charge in [-0.05, 0) is 31.6 Å². The van der Waals surface area contributed by atoms with Crippen molar-refractivity contribution in [2.45, 2.75) is 32.0 Å². The summed E-state index contributed by atoms with van der Waals surface area (Å²) in [6, 6.07) is 3.83. The van der Waals surface area contributed by atoms with Crippen LogP contribution in [0.3, 0.4) is 0 Å². The molecule has 4 aromatic rings. The molecule has 5 rings (SSSR count). The molecule has 10 heteroatoms. The number of nitrogen functional groups attached to an aromatic ring is 1. The Morgan fingerprint density at radius 3 is 2.88 bits per heavy atom. The summed E-state index contributed by atoms with van der Waals surface area (Å²) in [5.74, 6) is 0.259. The van der Waals surface area contributed by atoms with Gasteiger partial charge in [-0.15, -0.1) is 0 Å². The van der Waals surface area contributed by atoms with Gasteiger partial charge in [0, 0.05) is 37.5 Å². The number of imidazole rings is 1. The molecule has 1 aliphatic heterocycles. The Bertz CT molecular complexity index is 1410. The highest BCUT2D eigenvalue weighted by molar-refractivity contribution is 6.34. The number of nitrogens with zero attached hydrogens (tertiary/aromatic N) is 6. The van der Waals surface area contributed by atoms with Gasteiger partial charge in [0.1, 0.15) is 17.8 Å². The summed E-state index contributed by atoms with van der Waals surface area (Å²) in [7, 11) is 1.64. The highest BCUT2D eigenvalue weighted by Crippen LogP contribution is 2.41. The van der Waals surface area contributed by atoms with Gasteiger partial charge < -0.3 is 24.5 Å². The van der Waals surface area contributed by atoms with E-state index in [1.54, 1.807) is 12.0 Å². The number of hydrogen-bond donors (Lipinski definition) is 1. The van der Waals surface area contributed by atoms with Gasteiger partial charge in [0.15, 0.2) is 0 Å². The number of carbonyl (C=O) groups excluding carboxylic acids is 1. The molecule has 1 aromatic carbocycles. The molecule has 176 valence electrons. The van der Waals surface area contributed by atoms with Gasteiger partial charge in [-0.2, -0.15) is 0 Å². The Balaban J connectivity index is 1.65. The van der Waals surface area contributed by atoms with Crippen LogP contribution in [0.15, 0.2) is 43.6 Å². The van der Waals surface area contributed by atoms with Crippen LogP contribution in [0, 0.1) is 0 Å². The van der Waals surface area contributed by atoms with Gasteiger partial charge in [-0.3, -0.25) is 4.79 Å². The quantitative estimate of drug-likeness (QED) is 0.423. The van der Waals surface area contributed by atoms with E-state index in [4.69, 9.17) is 22.1 Å². The van der Waals surface area contributed by atoms with E-state index in [0.717, 1.165) is 34.1 Å². The first-order valence-electron chi connectivity index (χ1n) is 11.1. The molecule has 1 fully saturated rings. The van der Waals surface area contributed by atoms with Crippen molar-refractivity contribution >= 4 is 45.4 Å². The second kappa shape index (κ2) is 8.73. The van der Waals surface area contributed by atoms with E-state index >= 15 is 0 Å². The minimum atomic E-state index is -0.115. The third kappa shape index (κ3) is 3.52. The lowest BCUT2D eigenvalue weighted by Gasteiger charge is -2.22. The Morgan fingerprint density at radius 1 is 1.32 bits per heavy atom. The molecular formula is C24H26ClN7O2. The molecule has 0 saturated carbocycles. The van der Waals surface area contributed by atoms with Crippen molar-refractivity contribution in [1.29, 1.82) is 0 Å². The number of carbonyl (C=O) groups is 1. The Kier molecular flexibility index (Phi) is 5.75. The highest BCUT2D eigenvalue weighted by atomic mass is 35.5. The number of fused-ring (bicyclic) bond motifs is 2. The smallest absolute Gasteiger partial charge is 0.246 e. The second-order valence-electron chi connectivity index (χ2n) is 8.45. The van der Waals surface area contributed by atoms with Crippen molar-refractivity contribution < 1.29 is 9.53 Å². The summed E-state index contributed by atoms with van der Waals surface area (Å²) in [6.07, 6.45) is 7.34. The zero-order valence-electron chi connectivity index (χ0n) is 19.1. The van der Waals surface area contributed by atoms with Gasteiger partial charge in [0.2, 0.25) is 5.91 Å². The lowest BCUT2D eigenvalue weighted by Crippen LogP contribution is -2.37. The molecule has 4 heterocycles. The van der Waals surface area contributed by atoms with Gasteiger partial charge >= 0.3 is 0 Å². The fraction of sp³-hybridized carbons (Fsp3) is 0.333. The highest BCUT2D eigenvalue weighted by Gasteiger charge is 2.36. The molecule has 0 aliphatic carbocycles. The SMILES string of the molecule is C=CC(=O)N1C[C@@H](n2cc(-c3cc4ncn(CC)c4cc3Cl)c3c(N)ncnc32)C[C@@H]1COC. The number of aryl methyl sites for hydroxylation is 1. The number of rotatable bonds is 6. The first-order chi connectivity index (χ1) is 16.5. The monoisotopic (exact) mass is 479 g/mol. The van der Waals surface area contributed by atoms with E-state index in [1.807, 2.05) is 29.2 Å². The molecule has 0 bridgehead atoms. The van der Waals surface area contributed by atoms with Crippen molar-refractivity contribution in [1.82, 2.24) is 29.0 Å². The van der Waals surface area contributed by atoms with Crippen LogP contribution >= 0.6 is 11.6 Å². The predicted octanol–water partition coefficient (Wildman–Crippen LogP) is 3.68. The first-order valence-corrected chi connectivity index (χ1v) is 11.5. The molecule has 1 saturated heterocycles. The molecule has 1 aliphatic rings. The Hall–Kier alpha value is -3.43. The third-order valence-corrected chi connectivity index (χ3v) is 6.89. The lowest BCUT2D eigenvalue weighted by atomic mass is 10.1. The summed E-state index contributed by atoms with van der Waals surface area (Å²) in [6.45, 7) is 7.47.